The van der Waals surface area contributed by atoms with Gasteiger partial charge in [-0.25, -0.2) is 0 Å². The van der Waals surface area contributed by atoms with Gasteiger partial charge in [0, 0.05) is 12.1 Å². The second-order valence-electron chi connectivity index (χ2n) is 4.59. The number of carbonyl (C=O) groups is 1. The molecular weight excluding hydrogens is 178 g/mol. The minimum atomic E-state index is -0.185. The average molecular weight is 197 g/mol. The van der Waals surface area contributed by atoms with Gasteiger partial charge in [0.2, 0.25) is 0 Å². The van der Waals surface area contributed by atoms with Gasteiger partial charge < -0.3 is 10.1 Å². The van der Waals surface area contributed by atoms with E-state index in [2.05, 4.69) is 12.2 Å². The normalized spacial score (nSPS) is 41.0. The molecule has 1 N–H and O–H groups in total. The predicted octanol–water partition coefficient (Wildman–Crippen LogP) is 1.47. The zero-order valence-electron chi connectivity index (χ0n) is 9.01. The third-order valence-electron chi connectivity index (χ3n) is 3.62. The van der Waals surface area contributed by atoms with Crippen molar-refractivity contribution in [1.29, 1.82) is 0 Å². The number of hydrogen-bond donors (Lipinski definition) is 1. The summed E-state index contributed by atoms with van der Waals surface area (Å²) in [5, 5.41) is 3.50. The molecule has 1 saturated heterocycles. The van der Waals surface area contributed by atoms with Gasteiger partial charge in [0.05, 0.1) is 12.0 Å². The first kappa shape index (κ1) is 9.97. The maximum absolute atomic E-state index is 11.9. The molecule has 1 aliphatic carbocycles. The number of ether oxygens (including phenoxy) is 1. The van der Waals surface area contributed by atoms with Gasteiger partial charge in [-0.05, 0) is 33.1 Å². The molecule has 2 rings (SSSR count). The van der Waals surface area contributed by atoms with Crippen molar-refractivity contribution in [3.63, 3.8) is 0 Å². The Labute approximate surface area is 85.2 Å². The zero-order chi connectivity index (χ0) is 10.2. The van der Waals surface area contributed by atoms with Crippen molar-refractivity contribution >= 4 is 5.97 Å². The molecule has 0 aromatic heterocycles. The Kier molecular flexibility index (Phi) is 2.52. The van der Waals surface area contributed by atoms with Crippen LogP contribution in [0.4, 0.5) is 0 Å². The molecule has 0 spiro atoms. The Morgan fingerprint density at radius 1 is 1.64 bits per heavy atom. The van der Waals surface area contributed by atoms with E-state index >= 15 is 0 Å². The number of rotatable bonds is 2. The van der Waals surface area contributed by atoms with Crippen LogP contribution in [0.15, 0.2) is 0 Å². The lowest BCUT2D eigenvalue weighted by Gasteiger charge is -2.25. The first-order valence-corrected chi connectivity index (χ1v) is 5.62. The van der Waals surface area contributed by atoms with E-state index in [9.17, 15) is 4.79 Å². The molecule has 2 fully saturated rings. The molecule has 2 aliphatic rings. The van der Waals surface area contributed by atoms with Crippen molar-refractivity contribution in [3.8, 4) is 0 Å². The van der Waals surface area contributed by atoms with Gasteiger partial charge in [0.25, 0.3) is 0 Å². The van der Waals surface area contributed by atoms with E-state index in [0.29, 0.717) is 18.7 Å². The molecule has 1 heterocycles. The van der Waals surface area contributed by atoms with Crippen LogP contribution in [-0.2, 0) is 9.53 Å². The molecule has 14 heavy (non-hydrogen) atoms. The molecule has 0 aromatic rings. The van der Waals surface area contributed by atoms with E-state index in [1.54, 1.807) is 0 Å². The molecule has 80 valence electrons. The van der Waals surface area contributed by atoms with Crippen molar-refractivity contribution in [2.24, 2.45) is 5.41 Å². The maximum Gasteiger partial charge on any atom is 0.313 e. The summed E-state index contributed by atoms with van der Waals surface area (Å²) >= 11 is 0. The van der Waals surface area contributed by atoms with E-state index in [0.717, 1.165) is 25.7 Å². The van der Waals surface area contributed by atoms with Crippen molar-refractivity contribution in [2.45, 2.75) is 51.6 Å². The van der Waals surface area contributed by atoms with Crippen LogP contribution in [0.3, 0.4) is 0 Å². The number of carbonyl (C=O) groups excluding carboxylic acids is 1. The summed E-state index contributed by atoms with van der Waals surface area (Å²) in [6.07, 6.45) is 4.25. The summed E-state index contributed by atoms with van der Waals surface area (Å²) in [6.45, 7) is 4.53. The van der Waals surface area contributed by atoms with Gasteiger partial charge in [0.15, 0.2) is 0 Å². The number of nitrogens with one attached hydrogen (secondary N) is 1. The third kappa shape index (κ3) is 1.34. The summed E-state index contributed by atoms with van der Waals surface area (Å²) in [7, 11) is 0. The highest BCUT2D eigenvalue weighted by Crippen LogP contribution is 2.47. The van der Waals surface area contributed by atoms with Gasteiger partial charge in [-0.15, -0.1) is 0 Å². The van der Waals surface area contributed by atoms with Gasteiger partial charge in [-0.1, -0.05) is 6.42 Å². The van der Waals surface area contributed by atoms with Crippen LogP contribution in [0.25, 0.3) is 0 Å². The molecule has 0 bridgehead atoms. The molecular formula is C11H19NO2. The molecule has 3 nitrogen and oxygen atoms in total. The molecule has 1 aliphatic heterocycles. The fourth-order valence-corrected chi connectivity index (χ4v) is 3.11. The summed E-state index contributed by atoms with van der Waals surface area (Å²) in [5.74, 6) is 0.0272. The van der Waals surface area contributed by atoms with Crippen molar-refractivity contribution < 1.29 is 9.53 Å². The zero-order valence-corrected chi connectivity index (χ0v) is 9.01. The lowest BCUT2D eigenvalue weighted by molar-refractivity contribution is -0.155. The molecule has 0 aromatic carbocycles. The first-order chi connectivity index (χ1) is 6.69. The third-order valence-corrected chi connectivity index (χ3v) is 3.62. The molecule has 0 radical (unpaired) electrons. The first-order valence-electron chi connectivity index (χ1n) is 5.62. The SMILES string of the molecule is CCOC(=O)[C@@]12CCC[C@@H]1N[C@H](C)C2. The van der Waals surface area contributed by atoms with E-state index in [4.69, 9.17) is 4.74 Å². The number of hydrogen-bond acceptors (Lipinski definition) is 3. The largest absolute Gasteiger partial charge is 0.466 e. The smallest absolute Gasteiger partial charge is 0.313 e. The Bertz CT molecular complexity index is 241. The average Bonchev–Trinajstić information content (AvgIpc) is 2.61. The topological polar surface area (TPSA) is 38.3 Å². The predicted molar refractivity (Wildman–Crippen MR) is 53.9 cm³/mol. The second kappa shape index (κ2) is 3.54. The van der Waals surface area contributed by atoms with Crippen LogP contribution < -0.4 is 5.32 Å². The molecule has 1 saturated carbocycles. The van der Waals surface area contributed by atoms with Gasteiger partial charge in [0.1, 0.15) is 0 Å². The van der Waals surface area contributed by atoms with Crippen molar-refractivity contribution in [2.75, 3.05) is 6.61 Å². The fourth-order valence-electron chi connectivity index (χ4n) is 3.11. The second-order valence-corrected chi connectivity index (χ2v) is 4.59. The Balaban J connectivity index is 2.15. The highest BCUT2D eigenvalue weighted by atomic mass is 16.5. The molecule has 3 heteroatoms. The lowest BCUT2D eigenvalue weighted by atomic mass is 9.81. The van der Waals surface area contributed by atoms with E-state index < -0.39 is 0 Å². The Morgan fingerprint density at radius 2 is 2.43 bits per heavy atom. The van der Waals surface area contributed by atoms with E-state index in [1.807, 2.05) is 6.92 Å². The maximum atomic E-state index is 11.9. The summed E-state index contributed by atoms with van der Waals surface area (Å²) in [6, 6.07) is 0.834. The summed E-state index contributed by atoms with van der Waals surface area (Å²) < 4.78 is 5.20. The van der Waals surface area contributed by atoms with Crippen LogP contribution in [0.5, 0.6) is 0 Å². The van der Waals surface area contributed by atoms with Crippen molar-refractivity contribution in [3.05, 3.63) is 0 Å². The van der Waals surface area contributed by atoms with Crippen molar-refractivity contribution in [1.82, 2.24) is 5.32 Å². The van der Waals surface area contributed by atoms with Crippen LogP contribution in [-0.4, -0.2) is 24.7 Å². The molecule has 3 atom stereocenters. The molecule has 0 amide bonds. The van der Waals surface area contributed by atoms with Gasteiger partial charge in [-0.2, -0.15) is 0 Å². The van der Waals surface area contributed by atoms with Gasteiger partial charge in [-0.3, -0.25) is 4.79 Å². The molecule has 0 unspecified atom stereocenters. The van der Waals surface area contributed by atoms with E-state index in [-0.39, 0.29) is 11.4 Å². The van der Waals surface area contributed by atoms with E-state index in [1.165, 1.54) is 0 Å². The summed E-state index contributed by atoms with van der Waals surface area (Å²) in [4.78, 5) is 11.9. The monoisotopic (exact) mass is 197 g/mol. The summed E-state index contributed by atoms with van der Waals surface area (Å²) in [5.41, 5.74) is -0.185. The Morgan fingerprint density at radius 3 is 3.14 bits per heavy atom. The minimum Gasteiger partial charge on any atom is -0.466 e. The van der Waals surface area contributed by atoms with Crippen LogP contribution >= 0.6 is 0 Å². The highest BCUT2D eigenvalue weighted by Gasteiger charge is 2.54. The Hall–Kier alpha value is -0.570. The number of fused-ring (bicyclic) bond motifs is 1. The lowest BCUT2D eigenvalue weighted by Crippen LogP contribution is -2.39. The van der Waals surface area contributed by atoms with Crippen LogP contribution in [0.1, 0.15) is 39.5 Å². The fraction of sp³-hybridized carbons (Fsp3) is 0.909. The van der Waals surface area contributed by atoms with Crippen LogP contribution in [0, 0.1) is 5.41 Å². The van der Waals surface area contributed by atoms with Gasteiger partial charge >= 0.3 is 5.97 Å². The minimum absolute atomic E-state index is 0.0272. The quantitative estimate of drug-likeness (QED) is 0.681. The number of esters is 1. The van der Waals surface area contributed by atoms with Crippen LogP contribution in [0.2, 0.25) is 0 Å². The highest BCUT2D eigenvalue weighted by molar-refractivity contribution is 5.79. The standard InChI is InChI=1S/C11H19NO2/c1-3-14-10(13)11-6-4-5-9(11)12-8(2)7-11/h8-9,12H,3-7H2,1-2H3/t8-,9+,11-/m1/s1.